The van der Waals surface area contributed by atoms with Gasteiger partial charge in [0.2, 0.25) is 0 Å². The molecule has 0 bridgehead atoms. The fourth-order valence-corrected chi connectivity index (χ4v) is 1.93. The molecule has 3 N–H and O–H groups in total. The highest BCUT2D eigenvalue weighted by atomic mass is 16.5. The Morgan fingerprint density at radius 1 is 1.16 bits per heavy atom. The molecule has 0 spiro atoms. The number of nitrogen functional groups attached to an aromatic ring is 1. The lowest BCUT2D eigenvalue weighted by Gasteiger charge is -2.12. The third-order valence-electron chi connectivity index (χ3n) is 2.80. The van der Waals surface area contributed by atoms with Crippen molar-refractivity contribution >= 4 is 5.82 Å². The first-order valence-corrected chi connectivity index (χ1v) is 6.10. The maximum Gasteiger partial charge on any atom is 0.168 e. The van der Waals surface area contributed by atoms with Crippen LogP contribution >= 0.6 is 0 Å². The second-order valence-electron chi connectivity index (χ2n) is 4.46. The van der Waals surface area contributed by atoms with E-state index in [1.54, 1.807) is 6.07 Å². The van der Waals surface area contributed by atoms with E-state index in [1.807, 2.05) is 39.0 Å². The quantitative estimate of drug-likeness (QED) is 0.650. The lowest BCUT2D eigenvalue weighted by Crippen LogP contribution is -2.12. The number of benzene rings is 1. The average Bonchev–Trinajstić information content (AvgIpc) is 2.37. The van der Waals surface area contributed by atoms with Crippen molar-refractivity contribution in [2.75, 3.05) is 5.43 Å². The third-order valence-corrected chi connectivity index (χ3v) is 2.80. The van der Waals surface area contributed by atoms with Crippen molar-refractivity contribution in [3.63, 3.8) is 0 Å². The molecule has 0 aliphatic carbocycles. The predicted molar refractivity (Wildman–Crippen MR) is 74.8 cm³/mol. The second-order valence-corrected chi connectivity index (χ2v) is 4.46. The first-order chi connectivity index (χ1) is 9.10. The van der Waals surface area contributed by atoms with Crippen molar-refractivity contribution in [1.29, 1.82) is 0 Å². The maximum atomic E-state index is 5.81. The van der Waals surface area contributed by atoms with E-state index in [-0.39, 0.29) is 0 Å². The fraction of sp³-hybridized carbons (Fsp3) is 0.286. The van der Waals surface area contributed by atoms with Crippen molar-refractivity contribution in [2.24, 2.45) is 5.84 Å². The third kappa shape index (κ3) is 3.20. The molecule has 0 unspecified atom stereocenters. The number of hydrazine groups is 1. The van der Waals surface area contributed by atoms with E-state index >= 15 is 0 Å². The minimum absolute atomic E-state index is 0.321. The van der Waals surface area contributed by atoms with Gasteiger partial charge in [0.1, 0.15) is 18.2 Å². The van der Waals surface area contributed by atoms with Crippen LogP contribution in [0.25, 0.3) is 0 Å². The monoisotopic (exact) mass is 258 g/mol. The first kappa shape index (κ1) is 13.3. The van der Waals surface area contributed by atoms with Crippen LogP contribution in [-0.2, 0) is 6.61 Å². The van der Waals surface area contributed by atoms with Crippen LogP contribution in [0.4, 0.5) is 5.82 Å². The minimum Gasteiger partial charge on any atom is -0.485 e. The number of aromatic nitrogens is 2. The predicted octanol–water partition coefficient (Wildman–Crippen LogP) is 2.27. The topological polar surface area (TPSA) is 73.1 Å². The molecule has 100 valence electrons. The van der Waals surface area contributed by atoms with E-state index in [9.17, 15) is 0 Å². The van der Waals surface area contributed by atoms with Gasteiger partial charge in [0.15, 0.2) is 5.82 Å². The Hall–Kier alpha value is -2.14. The van der Waals surface area contributed by atoms with Gasteiger partial charge < -0.3 is 10.2 Å². The second kappa shape index (κ2) is 5.67. The Bertz CT molecular complexity index is 563. The van der Waals surface area contributed by atoms with Crippen molar-refractivity contribution in [2.45, 2.75) is 27.4 Å². The molecule has 2 aromatic rings. The molecular weight excluding hydrogens is 240 g/mol. The molecule has 0 amide bonds. The summed E-state index contributed by atoms with van der Waals surface area (Å²) in [6.07, 6.45) is 0. The summed E-state index contributed by atoms with van der Waals surface area (Å²) in [6.45, 7) is 6.26. The van der Waals surface area contributed by atoms with Crippen LogP contribution in [0, 0.1) is 20.8 Å². The van der Waals surface area contributed by atoms with Gasteiger partial charge >= 0.3 is 0 Å². The largest absolute Gasteiger partial charge is 0.485 e. The van der Waals surface area contributed by atoms with Gasteiger partial charge in [-0.1, -0.05) is 18.2 Å². The van der Waals surface area contributed by atoms with Crippen molar-refractivity contribution in [3.8, 4) is 5.75 Å². The van der Waals surface area contributed by atoms with Crippen LogP contribution in [0.2, 0.25) is 0 Å². The smallest absolute Gasteiger partial charge is 0.168 e. The van der Waals surface area contributed by atoms with Gasteiger partial charge in [0.05, 0.1) is 0 Å². The molecule has 1 aromatic heterocycles. The molecular formula is C14H18N4O. The number of para-hydroxylation sites is 1. The fourth-order valence-electron chi connectivity index (χ4n) is 1.93. The standard InChI is InChI=1S/C14H18N4O/c1-9-5-4-6-10(2)14(9)19-8-13-16-11(3)7-12(17-13)18-15/h4-7H,8,15H2,1-3H3,(H,16,17,18). The van der Waals surface area contributed by atoms with Crippen molar-refractivity contribution in [1.82, 2.24) is 9.97 Å². The van der Waals surface area contributed by atoms with Gasteiger partial charge in [-0.2, -0.15) is 0 Å². The highest BCUT2D eigenvalue weighted by Crippen LogP contribution is 2.23. The van der Waals surface area contributed by atoms with Crippen molar-refractivity contribution < 1.29 is 4.74 Å². The van der Waals surface area contributed by atoms with Gasteiger partial charge in [0.25, 0.3) is 0 Å². The van der Waals surface area contributed by atoms with Crippen LogP contribution in [0.15, 0.2) is 24.3 Å². The summed E-state index contributed by atoms with van der Waals surface area (Å²) in [5.74, 6) is 7.44. The number of anilines is 1. The number of nitrogens with one attached hydrogen (secondary N) is 1. The van der Waals surface area contributed by atoms with Crippen molar-refractivity contribution in [3.05, 3.63) is 46.9 Å². The van der Waals surface area contributed by atoms with Gasteiger partial charge in [0, 0.05) is 11.8 Å². The number of ether oxygens (including phenoxy) is 1. The van der Waals surface area contributed by atoms with Gasteiger partial charge in [-0.3, -0.25) is 0 Å². The number of aryl methyl sites for hydroxylation is 3. The molecule has 5 heteroatoms. The van der Waals surface area contributed by atoms with E-state index in [4.69, 9.17) is 10.6 Å². The Labute approximate surface area is 112 Å². The molecule has 0 aliphatic heterocycles. The number of hydrogen-bond donors (Lipinski definition) is 2. The molecule has 0 saturated carbocycles. The molecule has 0 fully saturated rings. The van der Waals surface area contributed by atoms with Crippen LogP contribution in [-0.4, -0.2) is 9.97 Å². The molecule has 2 rings (SSSR count). The SMILES string of the molecule is Cc1cc(NN)nc(COc2c(C)cccc2C)n1. The summed E-state index contributed by atoms with van der Waals surface area (Å²) in [6, 6.07) is 7.83. The molecule has 5 nitrogen and oxygen atoms in total. The highest BCUT2D eigenvalue weighted by Gasteiger charge is 2.06. The summed E-state index contributed by atoms with van der Waals surface area (Å²) in [7, 11) is 0. The number of rotatable bonds is 4. The summed E-state index contributed by atoms with van der Waals surface area (Å²) in [5, 5.41) is 0. The van der Waals surface area contributed by atoms with Gasteiger partial charge in [-0.05, 0) is 31.9 Å². The molecule has 0 radical (unpaired) electrons. The van der Waals surface area contributed by atoms with E-state index in [0.29, 0.717) is 18.2 Å². The van der Waals surface area contributed by atoms with Crippen LogP contribution < -0.4 is 16.0 Å². The van der Waals surface area contributed by atoms with Gasteiger partial charge in [-0.15, -0.1) is 0 Å². The van der Waals surface area contributed by atoms with E-state index in [1.165, 1.54) is 0 Å². The number of nitrogens with two attached hydrogens (primary N) is 1. The Kier molecular flexibility index (Phi) is 3.97. The molecule has 1 heterocycles. The van der Waals surface area contributed by atoms with Crippen LogP contribution in [0.1, 0.15) is 22.6 Å². The summed E-state index contributed by atoms with van der Waals surface area (Å²) >= 11 is 0. The normalized spacial score (nSPS) is 10.3. The first-order valence-electron chi connectivity index (χ1n) is 6.10. The highest BCUT2D eigenvalue weighted by molar-refractivity contribution is 5.40. The summed E-state index contributed by atoms with van der Waals surface area (Å²) in [4.78, 5) is 8.58. The number of hydrogen-bond acceptors (Lipinski definition) is 5. The van der Waals surface area contributed by atoms with Gasteiger partial charge in [-0.25, -0.2) is 15.8 Å². The van der Waals surface area contributed by atoms with E-state index in [0.717, 1.165) is 22.6 Å². The molecule has 0 saturated heterocycles. The zero-order valence-corrected chi connectivity index (χ0v) is 11.4. The Morgan fingerprint density at radius 2 is 1.84 bits per heavy atom. The molecule has 19 heavy (non-hydrogen) atoms. The maximum absolute atomic E-state index is 5.81. The lowest BCUT2D eigenvalue weighted by atomic mass is 10.1. The molecule has 0 aliphatic rings. The van der Waals surface area contributed by atoms with E-state index in [2.05, 4.69) is 15.4 Å². The summed E-state index contributed by atoms with van der Waals surface area (Å²) < 4.78 is 5.81. The zero-order chi connectivity index (χ0) is 13.8. The minimum atomic E-state index is 0.321. The Balaban J connectivity index is 2.16. The lowest BCUT2D eigenvalue weighted by molar-refractivity contribution is 0.291. The number of nitrogens with zero attached hydrogens (tertiary/aromatic N) is 2. The molecule has 1 aromatic carbocycles. The Morgan fingerprint density at radius 3 is 2.47 bits per heavy atom. The average molecular weight is 258 g/mol. The van der Waals surface area contributed by atoms with E-state index < -0.39 is 0 Å². The molecule has 0 atom stereocenters. The summed E-state index contributed by atoms with van der Waals surface area (Å²) in [5.41, 5.74) is 5.58. The zero-order valence-electron chi connectivity index (χ0n) is 11.4. The van der Waals surface area contributed by atoms with Crippen LogP contribution in [0.3, 0.4) is 0 Å². The van der Waals surface area contributed by atoms with Crippen LogP contribution in [0.5, 0.6) is 5.75 Å².